The van der Waals surface area contributed by atoms with Gasteiger partial charge in [0.25, 0.3) is 0 Å². The second kappa shape index (κ2) is 6.35. The molecule has 2 aromatic carbocycles. The third-order valence-electron chi connectivity index (χ3n) is 3.35. The third kappa shape index (κ3) is 3.25. The molecule has 2 atom stereocenters. The molecule has 0 aliphatic heterocycles. The van der Waals surface area contributed by atoms with Crippen molar-refractivity contribution in [3.63, 3.8) is 0 Å². The lowest BCUT2D eigenvalue weighted by Crippen LogP contribution is -2.07. The molecule has 0 aliphatic carbocycles. The first-order valence-corrected chi connectivity index (χ1v) is 6.54. The minimum absolute atomic E-state index is 0.171. The van der Waals surface area contributed by atoms with Crippen LogP contribution in [0.5, 0.6) is 0 Å². The molecule has 0 aliphatic rings. The molecule has 1 N–H and O–H groups in total. The van der Waals surface area contributed by atoms with Gasteiger partial charge in [0.1, 0.15) is 0 Å². The molecule has 20 heavy (non-hydrogen) atoms. The molecule has 0 radical (unpaired) electrons. The number of hydrogen-bond donors (Lipinski definition) is 1. The van der Waals surface area contributed by atoms with Gasteiger partial charge >= 0.3 is 5.97 Å². The number of carbonyl (C=O) groups is 1. The van der Waals surface area contributed by atoms with Gasteiger partial charge in [-0.15, -0.1) is 0 Å². The topological polar surface area (TPSA) is 46.5 Å². The van der Waals surface area contributed by atoms with E-state index in [2.05, 4.69) is 4.74 Å². The molecule has 0 saturated heterocycles. The van der Waals surface area contributed by atoms with E-state index in [1.807, 2.05) is 49.4 Å². The van der Waals surface area contributed by atoms with E-state index in [4.69, 9.17) is 0 Å². The summed E-state index contributed by atoms with van der Waals surface area (Å²) in [4.78, 5) is 11.1. The van der Waals surface area contributed by atoms with Crippen molar-refractivity contribution in [3.8, 4) is 0 Å². The second-order valence-electron chi connectivity index (χ2n) is 4.79. The number of carbonyl (C=O) groups excluding carboxylic acids is 1. The number of aliphatic hydroxyl groups is 1. The predicted molar refractivity (Wildman–Crippen MR) is 79.2 cm³/mol. The molecule has 0 amide bonds. The molecule has 3 heteroatoms. The lowest BCUT2D eigenvalue weighted by Gasteiger charge is -2.16. The minimum Gasteiger partial charge on any atom is -0.466 e. The average Bonchev–Trinajstić information content (AvgIpc) is 2.50. The molecule has 0 spiro atoms. The molecule has 0 bridgehead atoms. The number of fused-ring (bicyclic) bond motifs is 1. The fourth-order valence-corrected chi connectivity index (χ4v) is 2.10. The van der Waals surface area contributed by atoms with Crippen LogP contribution in [0.4, 0.5) is 0 Å². The molecule has 2 unspecified atom stereocenters. The van der Waals surface area contributed by atoms with Crippen molar-refractivity contribution in [3.05, 3.63) is 60.2 Å². The maximum Gasteiger partial charge on any atom is 0.330 e. The van der Waals surface area contributed by atoms with Crippen LogP contribution in [-0.4, -0.2) is 18.2 Å². The Morgan fingerprint density at radius 1 is 1.20 bits per heavy atom. The summed E-state index contributed by atoms with van der Waals surface area (Å²) in [5.41, 5.74) is 0.839. The molecular weight excluding hydrogens is 252 g/mol. The third-order valence-corrected chi connectivity index (χ3v) is 3.35. The molecule has 0 fully saturated rings. The number of benzene rings is 2. The number of methoxy groups -OCH3 is 1. The largest absolute Gasteiger partial charge is 0.466 e. The van der Waals surface area contributed by atoms with Crippen molar-refractivity contribution in [2.45, 2.75) is 13.0 Å². The van der Waals surface area contributed by atoms with Crippen LogP contribution in [0.25, 0.3) is 10.8 Å². The van der Waals surface area contributed by atoms with Crippen LogP contribution in [0, 0.1) is 5.92 Å². The zero-order valence-corrected chi connectivity index (χ0v) is 11.6. The number of ether oxygens (including phenoxy) is 1. The van der Waals surface area contributed by atoms with E-state index in [0.717, 1.165) is 16.3 Å². The van der Waals surface area contributed by atoms with Gasteiger partial charge < -0.3 is 9.84 Å². The first kappa shape index (κ1) is 14.3. The fourth-order valence-electron chi connectivity index (χ4n) is 2.10. The number of aliphatic hydroxyl groups excluding tert-OH is 1. The van der Waals surface area contributed by atoms with Crippen molar-refractivity contribution in [1.29, 1.82) is 0 Å². The van der Waals surface area contributed by atoms with Crippen molar-refractivity contribution in [2.24, 2.45) is 5.92 Å². The molecule has 2 aromatic rings. The van der Waals surface area contributed by atoms with Gasteiger partial charge in [-0.25, -0.2) is 4.79 Å². The normalized spacial score (nSPS) is 14.3. The number of esters is 1. The molecule has 2 rings (SSSR count). The zero-order chi connectivity index (χ0) is 14.5. The van der Waals surface area contributed by atoms with Gasteiger partial charge in [-0.05, 0) is 22.4 Å². The van der Waals surface area contributed by atoms with E-state index in [1.165, 1.54) is 13.2 Å². The van der Waals surface area contributed by atoms with Gasteiger partial charge in [0.05, 0.1) is 13.2 Å². The van der Waals surface area contributed by atoms with Crippen LogP contribution in [0.2, 0.25) is 0 Å². The Hall–Kier alpha value is -2.13. The monoisotopic (exact) mass is 270 g/mol. The van der Waals surface area contributed by atoms with E-state index in [1.54, 1.807) is 6.08 Å². The zero-order valence-electron chi connectivity index (χ0n) is 11.6. The highest BCUT2D eigenvalue weighted by atomic mass is 16.5. The summed E-state index contributed by atoms with van der Waals surface area (Å²) in [7, 11) is 1.33. The van der Waals surface area contributed by atoms with Gasteiger partial charge in [0.2, 0.25) is 0 Å². The highest BCUT2D eigenvalue weighted by Gasteiger charge is 2.14. The quantitative estimate of drug-likeness (QED) is 0.685. The van der Waals surface area contributed by atoms with Crippen LogP contribution in [0.1, 0.15) is 18.6 Å². The van der Waals surface area contributed by atoms with Gasteiger partial charge in [0, 0.05) is 12.0 Å². The van der Waals surface area contributed by atoms with E-state index < -0.39 is 12.1 Å². The lowest BCUT2D eigenvalue weighted by molar-refractivity contribution is -0.134. The molecular formula is C17H18O3. The number of hydrogen-bond acceptors (Lipinski definition) is 3. The average molecular weight is 270 g/mol. The molecule has 0 heterocycles. The minimum atomic E-state index is -0.652. The van der Waals surface area contributed by atoms with Crippen LogP contribution in [0.15, 0.2) is 54.6 Å². The van der Waals surface area contributed by atoms with Crippen molar-refractivity contribution >= 4 is 16.7 Å². The lowest BCUT2D eigenvalue weighted by atomic mass is 9.95. The summed E-state index contributed by atoms with van der Waals surface area (Å²) < 4.78 is 4.54. The Bertz CT molecular complexity index is 631. The van der Waals surface area contributed by atoms with Gasteiger partial charge in [-0.1, -0.05) is 49.4 Å². The van der Waals surface area contributed by atoms with E-state index in [0.29, 0.717) is 0 Å². The smallest absolute Gasteiger partial charge is 0.330 e. The highest BCUT2D eigenvalue weighted by Crippen LogP contribution is 2.26. The summed E-state index contributed by atoms with van der Waals surface area (Å²) in [5, 5.41) is 12.6. The van der Waals surface area contributed by atoms with Gasteiger partial charge in [0.15, 0.2) is 0 Å². The Kier molecular flexibility index (Phi) is 4.53. The maximum absolute atomic E-state index is 11.1. The molecule has 0 saturated carbocycles. The molecule has 3 nitrogen and oxygen atoms in total. The highest BCUT2D eigenvalue weighted by molar-refractivity contribution is 5.83. The summed E-state index contributed by atoms with van der Waals surface area (Å²) >= 11 is 0. The number of rotatable bonds is 4. The van der Waals surface area contributed by atoms with Crippen LogP contribution < -0.4 is 0 Å². The molecule has 104 valence electrons. The van der Waals surface area contributed by atoms with Gasteiger partial charge in [-0.3, -0.25) is 0 Å². The predicted octanol–water partition coefficient (Wildman–Crippen LogP) is 3.24. The van der Waals surface area contributed by atoms with Crippen LogP contribution in [0.3, 0.4) is 0 Å². The van der Waals surface area contributed by atoms with Crippen LogP contribution in [-0.2, 0) is 9.53 Å². The Labute approximate surface area is 118 Å². The Morgan fingerprint density at radius 2 is 1.90 bits per heavy atom. The Morgan fingerprint density at radius 3 is 2.60 bits per heavy atom. The summed E-state index contributed by atoms with van der Waals surface area (Å²) in [6.07, 6.45) is 2.35. The van der Waals surface area contributed by atoms with Gasteiger partial charge in [-0.2, -0.15) is 0 Å². The summed E-state index contributed by atoms with van der Waals surface area (Å²) in [6, 6.07) is 13.9. The summed E-state index contributed by atoms with van der Waals surface area (Å²) in [6.45, 7) is 1.86. The van der Waals surface area contributed by atoms with E-state index in [9.17, 15) is 9.90 Å². The maximum atomic E-state index is 11.1. The SMILES string of the molecule is COC(=O)/C=C/C(C)C(O)c1ccc2ccccc2c1. The van der Waals surface area contributed by atoms with E-state index in [-0.39, 0.29) is 5.92 Å². The fraction of sp³-hybridized carbons (Fsp3) is 0.235. The molecule has 0 aromatic heterocycles. The van der Waals surface area contributed by atoms with Crippen LogP contribution >= 0.6 is 0 Å². The first-order chi connectivity index (χ1) is 9.61. The Balaban J connectivity index is 2.20. The summed E-state index contributed by atoms with van der Waals surface area (Å²) in [5.74, 6) is -0.585. The van der Waals surface area contributed by atoms with Crippen molar-refractivity contribution < 1.29 is 14.6 Å². The second-order valence-corrected chi connectivity index (χ2v) is 4.79. The van der Waals surface area contributed by atoms with Crippen molar-refractivity contribution in [1.82, 2.24) is 0 Å². The standard InChI is InChI=1S/C17H18O3/c1-12(7-10-16(18)20-2)17(19)15-9-8-13-5-3-4-6-14(13)11-15/h3-12,17,19H,1-2H3/b10-7+. The van der Waals surface area contributed by atoms with E-state index >= 15 is 0 Å². The van der Waals surface area contributed by atoms with Crippen molar-refractivity contribution in [2.75, 3.05) is 7.11 Å². The first-order valence-electron chi connectivity index (χ1n) is 6.54.